The van der Waals surface area contributed by atoms with E-state index < -0.39 is 5.97 Å². The maximum absolute atomic E-state index is 10.9. The van der Waals surface area contributed by atoms with E-state index in [1.807, 2.05) is 36.0 Å². The van der Waals surface area contributed by atoms with Gasteiger partial charge in [0.25, 0.3) is 0 Å². The number of aliphatic carboxylic acids is 1. The Labute approximate surface area is 116 Å². The van der Waals surface area contributed by atoms with Crippen LogP contribution in [0.25, 0.3) is 0 Å². The van der Waals surface area contributed by atoms with Crippen LogP contribution in [0.4, 0.5) is 0 Å². The molecule has 5 heteroatoms. The maximum atomic E-state index is 10.9. The van der Waals surface area contributed by atoms with Crippen molar-refractivity contribution in [1.29, 1.82) is 0 Å². The van der Waals surface area contributed by atoms with Gasteiger partial charge < -0.3 is 5.11 Å². The Bertz CT molecular complexity index is 410. The number of nitrogens with zero attached hydrogens (tertiary/aromatic N) is 1. The molecule has 0 spiro atoms. The van der Waals surface area contributed by atoms with Gasteiger partial charge in [0.15, 0.2) is 0 Å². The average molecular weight is 286 g/mol. The normalized spacial score (nSPS) is 20.8. The van der Waals surface area contributed by atoms with Gasteiger partial charge in [0.05, 0.1) is 6.42 Å². The molecule has 0 radical (unpaired) electrons. The van der Waals surface area contributed by atoms with Gasteiger partial charge >= 0.3 is 5.97 Å². The summed E-state index contributed by atoms with van der Waals surface area (Å²) in [6, 6.07) is 7.89. The summed E-state index contributed by atoms with van der Waals surface area (Å²) < 4.78 is 0. The lowest BCUT2D eigenvalue weighted by molar-refractivity contribution is -0.138. The van der Waals surface area contributed by atoms with Gasteiger partial charge in [-0.05, 0) is 17.7 Å². The standard InChI is InChI=1S/C13H16ClNO2S/c14-11-3-1-10(2-4-11)8-15-5-6-18-9-12(15)7-13(16)17/h1-4,12H,5-9H2,(H,16,17). The summed E-state index contributed by atoms with van der Waals surface area (Å²) in [5.41, 5.74) is 1.18. The number of benzene rings is 1. The fourth-order valence-electron chi connectivity index (χ4n) is 2.11. The second-order valence-electron chi connectivity index (χ2n) is 4.42. The van der Waals surface area contributed by atoms with Gasteiger partial charge in [-0.15, -0.1) is 0 Å². The molecule has 1 atom stereocenters. The Morgan fingerprint density at radius 3 is 2.83 bits per heavy atom. The summed E-state index contributed by atoms with van der Waals surface area (Å²) in [6.07, 6.45) is 0.223. The van der Waals surface area contributed by atoms with E-state index in [0.29, 0.717) is 0 Å². The molecule has 18 heavy (non-hydrogen) atoms. The van der Waals surface area contributed by atoms with Gasteiger partial charge in [0.1, 0.15) is 0 Å². The molecular weight excluding hydrogens is 270 g/mol. The SMILES string of the molecule is O=C(O)CC1CSCCN1Cc1ccc(Cl)cc1. The van der Waals surface area contributed by atoms with Gasteiger partial charge in [0, 0.05) is 35.7 Å². The lowest BCUT2D eigenvalue weighted by Gasteiger charge is -2.34. The summed E-state index contributed by atoms with van der Waals surface area (Å²) in [7, 11) is 0. The van der Waals surface area contributed by atoms with Crippen molar-refractivity contribution in [2.24, 2.45) is 0 Å². The highest BCUT2D eigenvalue weighted by Gasteiger charge is 2.24. The fourth-order valence-corrected chi connectivity index (χ4v) is 3.37. The van der Waals surface area contributed by atoms with Crippen LogP contribution < -0.4 is 0 Å². The minimum atomic E-state index is -0.719. The van der Waals surface area contributed by atoms with Crippen molar-refractivity contribution in [3.05, 3.63) is 34.9 Å². The van der Waals surface area contributed by atoms with Gasteiger partial charge in [-0.1, -0.05) is 23.7 Å². The highest BCUT2D eigenvalue weighted by molar-refractivity contribution is 7.99. The van der Waals surface area contributed by atoms with Crippen molar-refractivity contribution in [1.82, 2.24) is 4.90 Å². The number of hydrogen-bond acceptors (Lipinski definition) is 3. The highest BCUT2D eigenvalue weighted by Crippen LogP contribution is 2.21. The average Bonchev–Trinajstić information content (AvgIpc) is 2.34. The van der Waals surface area contributed by atoms with Crippen LogP contribution in [0.3, 0.4) is 0 Å². The third-order valence-electron chi connectivity index (χ3n) is 3.06. The molecular formula is C13H16ClNO2S. The Morgan fingerprint density at radius 1 is 1.44 bits per heavy atom. The van der Waals surface area contributed by atoms with E-state index in [2.05, 4.69) is 4.90 Å². The van der Waals surface area contributed by atoms with E-state index in [-0.39, 0.29) is 12.5 Å². The molecule has 98 valence electrons. The number of thioether (sulfide) groups is 1. The van der Waals surface area contributed by atoms with Crippen LogP contribution in [0.15, 0.2) is 24.3 Å². The molecule has 3 nitrogen and oxygen atoms in total. The first-order valence-electron chi connectivity index (χ1n) is 5.93. The summed E-state index contributed by atoms with van der Waals surface area (Å²) in [5, 5.41) is 9.66. The molecule has 0 aromatic heterocycles. The molecule has 1 saturated heterocycles. The first kappa shape index (κ1) is 13.7. The molecule has 1 aromatic carbocycles. The van der Waals surface area contributed by atoms with Crippen LogP contribution in [0, 0.1) is 0 Å². The number of hydrogen-bond donors (Lipinski definition) is 1. The zero-order valence-electron chi connectivity index (χ0n) is 10.0. The molecule has 0 saturated carbocycles. The second-order valence-corrected chi connectivity index (χ2v) is 6.01. The van der Waals surface area contributed by atoms with E-state index in [9.17, 15) is 4.79 Å². The third-order valence-corrected chi connectivity index (χ3v) is 4.40. The zero-order chi connectivity index (χ0) is 13.0. The van der Waals surface area contributed by atoms with Gasteiger partial charge in [-0.25, -0.2) is 0 Å². The van der Waals surface area contributed by atoms with Crippen molar-refractivity contribution in [2.45, 2.75) is 19.0 Å². The topological polar surface area (TPSA) is 40.5 Å². The molecule has 1 heterocycles. The van der Waals surface area contributed by atoms with Crippen LogP contribution in [-0.4, -0.2) is 40.1 Å². The van der Waals surface area contributed by atoms with Gasteiger partial charge in [-0.3, -0.25) is 9.69 Å². The Kier molecular flexibility index (Phi) is 4.92. The fraction of sp³-hybridized carbons (Fsp3) is 0.462. The first-order chi connectivity index (χ1) is 8.65. The molecule has 1 aromatic rings. The molecule has 1 N–H and O–H groups in total. The van der Waals surface area contributed by atoms with Crippen molar-refractivity contribution in [3.8, 4) is 0 Å². The Morgan fingerprint density at radius 2 is 2.17 bits per heavy atom. The molecule has 1 aliphatic heterocycles. The van der Waals surface area contributed by atoms with Crippen LogP contribution in [0.5, 0.6) is 0 Å². The zero-order valence-corrected chi connectivity index (χ0v) is 11.6. The molecule has 1 aliphatic rings. The molecule has 1 unspecified atom stereocenters. The maximum Gasteiger partial charge on any atom is 0.304 e. The molecule has 0 bridgehead atoms. The number of rotatable bonds is 4. The molecule has 0 aliphatic carbocycles. The first-order valence-corrected chi connectivity index (χ1v) is 7.46. The van der Waals surface area contributed by atoms with Gasteiger partial charge in [0.2, 0.25) is 0 Å². The summed E-state index contributed by atoms with van der Waals surface area (Å²) in [6.45, 7) is 1.75. The minimum Gasteiger partial charge on any atom is -0.481 e. The largest absolute Gasteiger partial charge is 0.481 e. The van der Waals surface area contributed by atoms with Crippen molar-refractivity contribution >= 4 is 29.3 Å². The number of carbonyl (C=O) groups is 1. The van der Waals surface area contributed by atoms with Crippen LogP contribution in [-0.2, 0) is 11.3 Å². The van der Waals surface area contributed by atoms with E-state index in [1.165, 1.54) is 5.56 Å². The second kappa shape index (κ2) is 6.45. The minimum absolute atomic E-state index is 0.136. The highest BCUT2D eigenvalue weighted by atomic mass is 35.5. The summed E-state index contributed by atoms with van der Waals surface area (Å²) in [4.78, 5) is 13.1. The number of halogens is 1. The van der Waals surface area contributed by atoms with Crippen molar-refractivity contribution < 1.29 is 9.90 Å². The van der Waals surface area contributed by atoms with Crippen molar-refractivity contribution in [3.63, 3.8) is 0 Å². The Hall–Kier alpha value is -0.710. The predicted molar refractivity (Wildman–Crippen MR) is 75.2 cm³/mol. The lowest BCUT2D eigenvalue weighted by atomic mass is 10.1. The van der Waals surface area contributed by atoms with Crippen LogP contribution in [0.2, 0.25) is 5.02 Å². The number of carboxylic acid groups (broad SMARTS) is 1. The smallest absolute Gasteiger partial charge is 0.304 e. The van der Waals surface area contributed by atoms with E-state index in [1.54, 1.807) is 0 Å². The Balaban J connectivity index is 2.00. The van der Waals surface area contributed by atoms with E-state index in [4.69, 9.17) is 16.7 Å². The monoisotopic (exact) mass is 285 g/mol. The molecule has 1 fully saturated rings. The van der Waals surface area contributed by atoms with Crippen LogP contribution in [0.1, 0.15) is 12.0 Å². The summed E-state index contributed by atoms with van der Waals surface area (Å²) in [5.74, 6) is 1.26. The molecule has 2 rings (SSSR count). The third kappa shape index (κ3) is 3.90. The number of carboxylic acids is 1. The quantitative estimate of drug-likeness (QED) is 0.923. The van der Waals surface area contributed by atoms with E-state index >= 15 is 0 Å². The van der Waals surface area contributed by atoms with Crippen LogP contribution >= 0.6 is 23.4 Å². The predicted octanol–water partition coefficient (Wildman–Crippen LogP) is 2.73. The summed E-state index contributed by atoms with van der Waals surface area (Å²) >= 11 is 7.69. The van der Waals surface area contributed by atoms with E-state index in [0.717, 1.165) is 29.6 Å². The lowest BCUT2D eigenvalue weighted by Crippen LogP contribution is -2.42. The molecule has 0 amide bonds. The van der Waals surface area contributed by atoms with Crippen molar-refractivity contribution in [2.75, 3.05) is 18.1 Å². The van der Waals surface area contributed by atoms with Gasteiger partial charge in [-0.2, -0.15) is 11.8 Å².